The van der Waals surface area contributed by atoms with Crippen LogP contribution in [0.5, 0.6) is 0 Å². The highest BCUT2D eigenvalue weighted by Crippen LogP contribution is 2.35. The quantitative estimate of drug-likeness (QED) is 0.649. The average Bonchev–Trinajstić information content (AvgIpc) is 2.61. The summed E-state index contributed by atoms with van der Waals surface area (Å²) in [5.74, 6) is -0.456. The lowest BCUT2D eigenvalue weighted by Gasteiger charge is -2.13. The largest absolute Gasteiger partial charge is 0.262 e. The van der Waals surface area contributed by atoms with Crippen LogP contribution in [-0.2, 0) is 0 Å². The SMILES string of the molecule is C=Cc1cccc(-c2nnc(Cl)cc2-c2ccncc2F)c1C=C. The monoisotopic (exact) mass is 337 g/mol. The predicted molar refractivity (Wildman–Crippen MR) is 95.8 cm³/mol. The molecule has 0 aliphatic heterocycles. The highest BCUT2D eigenvalue weighted by atomic mass is 35.5. The summed E-state index contributed by atoms with van der Waals surface area (Å²) in [6.07, 6.45) is 6.12. The molecule has 118 valence electrons. The molecule has 0 aliphatic carbocycles. The molecule has 0 fully saturated rings. The maximum Gasteiger partial charge on any atom is 0.152 e. The van der Waals surface area contributed by atoms with Gasteiger partial charge in [-0.25, -0.2) is 4.39 Å². The standard InChI is InChI=1S/C19H13ClFN3/c1-3-12-6-5-7-15(13(12)4-2)19-16(10-18(20)23-24-19)14-8-9-22-11-17(14)21/h3-11H,1-2H2. The van der Waals surface area contributed by atoms with Gasteiger partial charge in [-0.15, -0.1) is 10.2 Å². The van der Waals surface area contributed by atoms with E-state index in [2.05, 4.69) is 28.3 Å². The maximum absolute atomic E-state index is 14.2. The number of hydrogen-bond acceptors (Lipinski definition) is 3. The highest BCUT2D eigenvalue weighted by Gasteiger charge is 2.17. The fourth-order valence-electron chi connectivity index (χ4n) is 2.56. The fourth-order valence-corrected chi connectivity index (χ4v) is 2.71. The van der Waals surface area contributed by atoms with Crippen LogP contribution in [-0.4, -0.2) is 15.2 Å². The number of aromatic nitrogens is 3. The zero-order valence-electron chi connectivity index (χ0n) is 12.7. The first kappa shape index (κ1) is 16.0. The smallest absolute Gasteiger partial charge is 0.152 e. The summed E-state index contributed by atoms with van der Waals surface area (Å²) in [5, 5.41) is 8.30. The molecule has 2 aromatic heterocycles. The molecule has 0 atom stereocenters. The third kappa shape index (κ3) is 2.84. The van der Waals surface area contributed by atoms with E-state index in [-0.39, 0.29) is 5.15 Å². The van der Waals surface area contributed by atoms with Gasteiger partial charge in [0.2, 0.25) is 0 Å². The van der Waals surface area contributed by atoms with Crippen LogP contribution in [0.2, 0.25) is 5.15 Å². The Labute approximate surface area is 144 Å². The first-order valence-electron chi connectivity index (χ1n) is 7.17. The van der Waals surface area contributed by atoms with Gasteiger partial charge in [-0.1, -0.05) is 55.1 Å². The first-order valence-corrected chi connectivity index (χ1v) is 7.55. The third-order valence-corrected chi connectivity index (χ3v) is 3.83. The minimum atomic E-state index is -0.456. The second kappa shape index (κ2) is 6.72. The van der Waals surface area contributed by atoms with Crippen molar-refractivity contribution in [2.45, 2.75) is 0 Å². The van der Waals surface area contributed by atoms with Crippen molar-refractivity contribution in [3.8, 4) is 22.4 Å². The number of halogens is 2. The van der Waals surface area contributed by atoms with E-state index < -0.39 is 5.82 Å². The molecular formula is C19H13ClFN3. The molecule has 0 N–H and O–H groups in total. The van der Waals surface area contributed by atoms with Gasteiger partial charge in [0.1, 0.15) is 11.5 Å². The number of benzene rings is 1. The Morgan fingerprint density at radius 3 is 2.54 bits per heavy atom. The summed E-state index contributed by atoms with van der Waals surface area (Å²) in [6.45, 7) is 7.67. The van der Waals surface area contributed by atoms with E-state index >= 15 is 0 Å². The Morgan fingerprint density at radius 2 is 1.83 bits per heavy atom. The minimum Gasteiger partial charge on any atom is -0.262 e. The van der Waals surface area contributed by atoms with Crippen molar-refractivity contribution in [3.05, 3.63) is 78.0 Å². The number of rotatable bonds is 4. The van der Waals surface area contributed by atoms with Crippen LogP contribution < -0.4 is 0 Å². The molecule has 2 heterocycles. The van der Waals surface area contributed by atoms with Crippen LogP contribution in [0.25, 0.3) is 34.5 Å². The Bertz CT molecular complexity index is 938. The molecule has 3 aromatic rings. The molecule has 5 heteroatoms. The molecule has 0 aliphatic rings. The zero-order chi connectivity index (χ0) is 17.1. The summed E-state index contributed by atoms with van der Waals surface area (Å²) in [4.78, 5) is 3.78. The Hall–Kier alpha value is -2.85. The molecule has 0 unspecified atom stereocenters. The van der Waals surface area contributed by atoms with Crippen molar-refractivity contribution >= 4 is 23.8 Å². The Balaban J connectivity index is 2.34. The highest BCUT2D eigenvalue weighted by molar-refractivity contribution is 6.29. The van der Waals surface area contributed by atoms with Crippen molar-refractivity contribution in [3.63, 3.8) is 0 Å². The normalized spacial score (nSPS) is 10.4. The molecule has 3 nitrogen and oxygen atoms in total. The first-order chi connectivity index (χ1) is 11.7. The number of hydrogen-bond donors (Lipinski definition) is 0. The third-order valence-electron chi connectivity index (χ3n) is 3.65. The van der Waals surface area contributed by atoms with E-state index in [1.165, 1.54) is 6.20 Å². The zero-order valence-corrected chi connectivity index (χ0v) is 13.5. The number of pyridine rings is 1. The Kier molecular flexibility index (Phi) is 4.49. The van der Waals surface area contributed by atoms with Crippen molar-refractivity contribution < 1.29 is 4.39 Å². The van der Waals surface area contributed by atoms with E-state index in [9.17, 15) is 4.39 Å². The Morgan fingerprint density at radius 1 is 1.00 bits per heavy atom. The van der Waals surface area contributed by atoms with E-state index in [1.807, 2.05) is 18.2 Å². The van der Waals surface area contributed by atoms with Crippen LogP contribution in [0, 0.1) is 5.82 Å². The molecular weight excluding hydrogens is 325 g/mol. The second-order valence-electron chi connectivity index (χ2n) is 5.00. The lowest BCUT2D eigenvalue weighted by molar-refractivity contribution is 0.625. The van der Waals surface area contributed by atoms with Gasteiger partial charge in [0.05, 0.1) is 6.20 Å². The minimum absolute atomic E-state index is 0.185. The topological polar surface area (TPSA) is 38.7 Å². The van der Waals surface area contributed by atoms with Gasteiger partial charge in [-0.3, -0.25) is 4.98 Å². The molecule has 0 saturated heterocycles. The lowest BCUT2D eigenvalue weighted by Crippen LogP contribution is -1.97. The van der Waals surface area contributed by atoms with Crippen molar-refractivity contribution in [1.29, 1.82) is 0 Å². The van der Waals surface area contributed by atoms with Gasteiger partial charge in [-0.2, -0.15) is 0 Å². The lowest BCUT2D eigenvalue weighted by atomic mass is 9.94. The van der Waals surface area contributed by atoms with Gasteiger partial charge >= 0.3 is 0 Å². The molecule has 0 bridgehead atoms. The van der Waals surface area contributed by atoms with Crippen molar-refractivity contribution in [2.75, 3.05) is 0 Å². The van der Waals surface area contributed by atoms with Gasteiger partial charge in [0.15, 0.2) is 5.15 Å². The summed E-state index contributed by atoms with van der Waals surface area (Å²) in [6, 6.07) is 8.85. The summed E-state index contributed by atoms with van der Waals surface area (Å²) < 4.78 is 14.2. The molecule has 0 saturated carbocycles. The predicted octanol–water partition coefficient (Wildman–Crippen LogP) is 5.28. The fraction of sp³-hybridized carbons (Fsp3) is 0. The van der Waals surface area contributed by atoms with Gasteiger partial charge in [0.25, 0.3) is 0 Å². The van der Waals surface area contributed by atoms with E-state index in [0.717, 1.165) is 22.9 Å². The average molecular weight is 338 g/mol. The van der Waals surface area contributed by atoms with E-state index in [4.69, 9.17) is 11.6 Å². The molecule has 0 radical (unpaired) electrons. The second-order valence-corrected chi connectivity index (χ2v) is 5.39. The molecule has 0 amide bonds. The van der Waals surface area contributed by atoms with Gasteiger partial charge in [-0.05, 0) is 23.3 Å². The number of nitrogens with zero attached hydrogens (tertiary/aromatic N) is 3. The molecule has 1 aromatic carbocycles. The molecule has 0 spiro atoms. The van der Waals surface area contributed by atoms with E-state index in [0.29, 0.717) is 16.8 Å². The van der Waals surface area contributed by atoms with E-state index in [1.54, 1.807) is 24.3 Å². The summed E-state index contributed by atoms with van der Waals surface area (Å²) >= 11 is 5.99. The van der Waals surface area contributed by atoms with Crippen molar-refractivity contribution in [1.82, 2.24) is 15.2 Å². The van der Waals surface area contributed by atoms with Gasteiger partial charge in [0, 0.05) is 22.9 Å². The molecule has 24 heavy (non-hydrogen) atoms. The van der Waals surface area contributed by atoms with Crippen LogP contribution in [0.4, 0.5) is 4.39 Å². The molecule has 3 rings (SSSR count). The van der Waals surface area contributed by atoms with Crippen LogP contribution in [0.15, 0.2) is 55.9 Å². The summed E-state index contributed by atoms with van der Waals surface area (Å²) in [5.41, 5.74) is 3.94. The summed E-state index contributed by atoms with van der Waals surface area (Å²) in [7, 11) is 0. The van der Waals surface area contributed by atoms with Gasteiger partial charge < -0.3 is 0 Å². The van der Waals surface area contributed by atoms with Crippen LogP contribution in [0.3, 0.4) is 0 Å². The van der Waals surface area contributed by atoms with Crippen LogP contribution in [0.1, 0.15) is 11.1 Å². The van der Waals surface area contributed by atoms with Crippen LogP contribution >= 0.6 is 11.6 Å². The van der Waals surface area contributed by atoms with Crippen molar-refractivity contribution in [2.24, 2.45) is 0 Å². The maximum atomic E-state index is 14.2.